The molecular weight excluding hydrogens is 436 g/mol. The van der Waals surface area contributed by atoms with Gasteiger partial charge in [-0.1, -0.05) is 30.4 Å². The zero-order valence-corrected chi connectivity index (χ0v) is 18.9. The van der Waals surface area contributed by atoms with Crippen LogP contribution in [0.1, 0.15) is 11.1 Å². The number of fused-ring (bicyclic) bond motifs is 2. The summed E-state index contributed by atoms with van der Waals surface area (Å²) in [4.78, 5) is 28.4. The van der Waals surface area contributed by atoms with Gasteiger partial charge in [-0.15, -0.1) is 0 Å². The molecular formula is C26H26N2O6. The van der Waals surface area contributed by atoms with E-state index in [9.17, 15) is 9.59 Å². The lowest BCUT2D eigenvalue weighted by atomic mass is 9.77. The van der Waals surface area contributed by atoms with Gasteiger partial charge in [0.15, 0.2) is 11.5 Å². The zero-order chi connectivity index (χ0) is 23.3. The standard InChI is InChI=1S/C26H26N2O6/c1-31-18-5-2-16(3-6-18)9-11-27-24(29)22-20-8-10-26(34-20)14-28(25(30)23(22)26)13-17-4-7-19-21(12-17)33-15-32-19/h2-8,10,12,20,22-23H,9,11,13-15H2,1H3,(H,27,29)/t20-,22+,23-,26+/m1/s1. The Morgan fingerprint density at radius 3 is 2.76 bits per heavy atom. The average Bonchev–Trinajstić information content (AvgIpc) is 3.61. The first-order valence-electron chi connectivity index (χ1n) is 11.5. The van der Waals surface area contributed by atoms with Gasteiger partial charge in [0.2, 0.25) is 18.6 Å². The molecule has 8 nitrogen and oxygen atoms in total. The average molecular weight is 463 g/mol. The number of ether oxygens (including phenoxy) is 4. The largest absolute Gasteiger partial charge is 0.497 e. The van der Waals surface area contributed by atoms with E-state index in [2.05, 4.69) is 5.32 Å². The molecule has 2 fully saturated rings. The summed E-state index contributed by atoms with van der Waals surface area (Å²) in [5, 5.41) is 3.02. The zero-order valence-electron chi connectivity index (χ0n) is 18.9. The SMILES string of the molecule is COc1ccc(CCNC(=O)[C@H]2[C@H]3C=C[C@@]4(CN(Cc5ccc6c(c5)OCO6)C(=O)[C@@H]24)O3)cc1. The Kier molecular flexibility index (Phi) is 4.99. The molecule has 2 aromatic rings. The molecule has 2 aromatic carbocycles. The fourth-order valence-corrected chi connectivity index (χ4v) is 5.51. The van der Waals surface area contributed by atoms with Crippen molar-refractivity contribution in [1.82, 2.24) is 10.2 Å². The van der Waals surface area contributed by atoms with Gasteiger partial charge in [-0.05, 0) is 41.8 Å². The second-order valence-electron chi connectivity index (χ2n) is 9.17. The summed E-state index contributed by atoms with van der Waals surface area (Å²) < 4.78 is 22.2. The number of nitrogens with one attached hydrogen (secondary N) is 1. The van der Waals surface area contributed by atoms with Crippen molar-refractivity contribution in [2.75, 3.05) is 27.0 Å². The summed E-state index contributed by atoms with van der Waals surface area (Å²) in [5.41, 5.74) is 1.33. The number of carbonyl (C=O) groups is 2. The first-order valence-corrected chi connectivity index (χ1v) is 11.5. The van der Waals surface area contributed by atoms with Crippen LogP contribution in [0.3, 0.4) is 0 Å². The van der Waals surface area contributed by atoms with E-state index in [0.717, 1.165) is 16.9 Å². The number of benzene rings is 2. The molecule has 8 heteroatoms. The maximum absolute atomic E-state index is 13.4. The van der Waals surface area contributed by atoms with Gasteiger partial charge in [0, 0.05) is 13.1 Å². The number of hydrogen-bond donors (Lipinski definition) is 1. The monoisotopic (exact) mass is 462 g/mol. The maximum Gasteiger partial charge on any atom is 0.231 e. The van der Waals surface area contributed by atoms with E-state index in [0.29, 0.717) is 37.6 Å². The number of rotatable bonds is 7. The minimum absolute atomic E-state index is 0.0418. The first kappa shape index (κ1) is 21.0. The fourth-order valence-electron chi connectivity index (χ4n) is 5.51. The molecule has 1 spiro atoms. The lowest BCUT2D eigenvalue weighted by Crippen LogP contribution is -2.44. The fraction of sp³-hybridized carbons (Fsp3) is 0.385. The normalized spacial score (nSPS) is 27.9. The van der Waals surface area contributed by atoms with Crippen LogP contribution in [0.4, 0.5) is 0 Å². The molecule has 0 unspecified atom stereocenters. The van der Waals surface area contributed by atoms with Gasteiger partial charge in [-0.3, -0.25) is 9.59 Å². The number of methoxy groups -OCH3 is 1. The predicted octanol–water partition coefficient (Wildman–Crippen LogP) is 2.06. The molecule has 0 saturated carbocycles. The molecule has 176 valence electrons. The number of carbonyl (C=O) groups excluding carboxylic acids is 2. The van der Waals surface area contributed by atoms with Crippen LogP contribution in [-0.2, 0) is 27.3 Å². The Hall–Kier alpha value is -3.52. The molecule has 2 amide bonds. The highest BCUT2D eigenvalue weighted by molar-refractivity contribution is 5.93. The molecule has 0 aliphatic carbocycles. The summed E-state index contributed by atoms with van der Waals surface area (Å²) in [6.07, 6.45) is 4.24. The maximum atomic E-state index is 13.4. The van der Waals surface area contributed by atoms with Crippen LogP contribution in [0.15, 0.2) is 54.6 Å². The van der Waals surface area contributed by atoms with E-state index in [1.165, 1.54) is 0 Å². The third kappa shape index (κ3) is 3.40. The minimum atomic E-state index is -0.726. The number of amides is 2. The van der Waals surface area contributed by atoms with Crippen molar-refractivity contribution in [1.29, 1.82) is 0 Å². The van der Waals surface area contributed by atoms with Gasteiger partial charge in [-0.2, -0.15) is 0 Å². The van der Waals surface area contributed by atoms with Crippen molar-refractivity contribution in [2.45, 2.75) is 24.7 Å². The Labute approximate surface area is 197 Å². The van der Waals surface area contributed by atoms with E-state index in [-0.39, 0.29) is 24.7 Å². The van der Waals surface area contributed by atoms with Crippen molar-refractivity contribution in [2.24, 2.45) is 11.8 Å². The third-order valence-corrected chi connectivity index (χ3v) is 7.16. The molecule has 0 aromatic heterocycles. The van der Waals surface area contributed by atoms with Crippen molar-refractivity contribution in [3.63, 3.8) is 0 Å². The molecule has 4 heterocycles. The highest BCUT2D eigenvalue weighted by Gasteiger charge is 2.66. The third-order valence-electron chi connectivity index (χ3n) is 7.16. The number of likely N-dealkylation sites (tertiary alicyclic amines) is 1. The molecule has 1 N–H and O–H groups in total. The minimum Gasteiger partial charge on any atom is -0.497 e. The van der Waals surface area contributed by atoms with Crippen molar-refractivity contribution in [3.05, 3.63) is 65.7 Å². The van der Waals surface area contributed by atoms with Gasteiger partial charge in [0.25, 0.3) is 0 Å². The summed E-state index contributed by atoms with van der Waals surface area (Å²) >= 11 is 0. The van der Waals surface area contributed by atoms with Crippen molar-refractivity contribution in [3.8, 4) is 17.2 Å². The number of hydrogen-bond acceptors (Lipinski definition) is 6. The molecule has 2 bridgehead atoms. The molecule has 4 atom stereocenters. The second-order valence-corrected chi connectivity index (χ2v) is 9.17. The Morgan fingerprint density at radius 1 is 1.15 bits per heavy atom. The number of nitrogens with zero attached hydrogens (tertiary/aromatic N) is 1. The van der Waals surface area contributed by atoms with Gasteiger partial charge in [0.1, 0.15) is 11.4 Å². The smallest absolute Gasteiger partial charge is 0.231 e. The van der Waals surface area contributed by atoms with Crippen LogP contribution in [0.2, 0.25) is 0 Å². The first-order chi connectivity index (χ1) is 16.6. The van der Waals surface area contributed by atoms with Gasteiger partial charge < -0.3 is 29.2 Å². The Morgan fingerprint density at radius 2 is 1.94 bits per heavy atom. The van der Waals surface area contributed by atoms with Crippen LogP contribution in [0.5, 0.6) is 17.2 Å². The highest BCUT2D eigenvalue weighted by Crippen LogP contribution is 2.52. The quantitative estimate of drug-likeness (QED) is 0.634. The molecule has 4 aliphatic rings. The summed E-state index contributed by atoms with van der Waals surface area (Å²) in [6, 6.07) is 13.5. The summed E-state index contributed by atoms with van der Waals surface area (Å²) in [5.74, 6) is 1.01. The van der Waals surface area contributed by atoms with Crippen LogP contribution in [-0.4, -0.2) is 55.4 Å². The summed E-state index contributed by atoms with van der Waals surface area (Å²) in [7, 11) is 1.63. The van der Waals surface area contributed by atoms with E-state index in [1.54, 1.807) is 12.0 Å². The molecule has 34 heavy (non-hydrogen) atoms. The van der Waals surface area contributed by atoms with E-state index < -0.39 is 17.4 Å². The van der Waals surface area contributed by atoms with Crippen LogP contribution in [0.25, 0.3) is 0 Å². The molecule has 0 radical (unpaired) electrons. The van der Waals surface area contributed by atoms with Crippen molar-refractivity contribution >= 4 is 11.8 Å². The predicted molar refractivity (Wildman–Crippen MR) is 121 cm³/mol. The van der Waals surface area contributed by atoms with Gasteiger partial charge in [-0.25, -0.2) is 0 Å². The highest BCUT2D eigenvalue weighted by atomic mass is 16.7. The molecule has 4 aliphatic heterocycles. The van der Waals surface area contributed by atoms with Crippen LogP contribution >= 0.6 is 0 Å². The van der Waals surface area contributed by atoms with E-state index >= 15 is 0 Å². The topological polar surface area (TPSA) is 86.3 Å². The van der Waals surface area contributed by atoms with E-state index in [4.69, 9.17) is 18.9 Å². The summed E-state index contributed by atoms with van der Waals surface area (Å²) in [6.45, 7) is 1.57. The second kappa shape index (κ2) is 8.06. The van der Waals surface area contributed by atoms with Gasteiger partial charge >= 0.3 is 0 Å². The Bertz CT molecular complexity index is 1160. The Balaban J connectivity index is 1.12. The van der Waals surface area contributed by atoms with Crippen LogP contribution in [0, 0.1) is 11.8 Å². The lowest BCUT2D eigenvalue weighted by Gasteiger charge is -2.23. The van der Waals surface area contributed by atoms with E-state index in [1.807, 2.05) is 54.6 Å². The van der Waals surface area contributed by atoms with Crippen LogP contribution < -0.4 is 19.5 Å². The molecule has 2 saturated heterocycles. The van der Waals surface area contributed by atoms with Crippen molar-refractivity contribution < 1.29 is 28.5 Å². The van der Waals surface area contributed by atoms with Gasteiger partial charge in [0.05, 0.1) is 31.6 Å². The lowest BCUT2D eigenvalue weighted by molar-refractivity contribution is -0.137. The molecule has 6 rings (SSSR count).